The van der Waals surface area contributed by atoms with E-state index in [4.69, 9.17) is 0 Å². The molecule has 3 aliphatic carbocycles. The second-order valence-electron chi connectivity index (χ2n) is 7.52. The lowest BCUT2D eigenvalue weighted by atomic mass is 9.75. The van der Waals surface area contributed by atoms with E-state index in [2.05, 4.69) is 27.4 Å². The Labute approximate surface area is 98.9 Å². The summed E-state index contributed by atoms with van der Waals surface area (Å²) in [6, 6.07) is 0. The molecule has 90 valence electrons. The number of fused-ring (bicyclic) bond motifs is 3. The number of aliphatic hydroxyl groups excluding tert-OH is 1. The van der Waals surface area contributed by atoms with E-state index in [0.29, 0.717) is 22.7 Å². The Kier molecular flexibility index (Phi) is 1.98. The maximum Gasteiger partial charge on any atom is 0.0753 e. The number of aliphatic hydroxyl groups is 1. The molecule has 1 nitrogen and oxygen atoms in total. The zero-order valence-electron chi connectivity index (χ0n) is 10.8. The molecular formula is C15H24O. The molecule has 0 aromatic rings. The first-order valence-electron chi connectivity index (χ1n) is 6.70. The lowest BCUT2D eigenvalue weighted by Gasteiger charge is -2.29. The standard InChI is InChI=1S/C15H24O/c1-9-11-8-14(2,3)6-10-7-15(10,4)12(11)5-13(9)16/h10-13,16H,1,5-8H2,2-4H3/t10-,11+,12+,13+,15+/m0/s1. The van der Waals surface area contributed by atoms with Gasteiger partial charge in [0.1, 0.15) is 0 Å². The van der Waals surface area contributed by atoms with Gasteiger partial charge in [0.15, 0.2) is 0 Å². The number of hydrogen-bond donors (Lipinski definition) is 1. The monoisotopic (exact) mass is 220 g/mol. The van der Waals surface area contributed by atoms with Gasteiger partial charge < -0.3 is 5.11 Å². The van der Waals surface area contributed by atoms with E-state index in [0.717, 1.165) is 17.9 Å². The molecule has 0 radical (unpaired) electrons. The van der Waals surface area contributed by atoms with Crippen molar-refractivity contribution in [3.8, 4) is 0 Å². The normalized spacial score (nSPS) is 54.1. The van der Waals surface area contributed by atoms with E-state index in [1.54, 1.807) is 0 Å². The molecule has 0 aliphatic heterocycles. The van der Waals surface area contributed by atoms with Crippen LogP contribution in [0, 0.1) is 28.6 Å². The molecule has 0 aromatic carbocycles. The van der Waals surface area contributed by atoms with Gasteiger partial charge in [0.2, 0.25) is 0 Å². The molecule has 3 rings (SSSR count). The smallest absolute Gasteiger partial charge is 0.0753 e. The summed E-state index contributed by atoms with van der Waals surface area (Å²) in [4.78, 5) is 0. The van der Waals surface area contributed by atoms with Crippen LogP contribution in [0.1, 0.15) is 46.5 Å². The molecule has 0 spiro atoms. The summed E-state index contributed by atoms with van der Waals surface area (Å²) >= 11 is 0. The SMILES string of the molecule is C=C1[C@H](O)C[C@@H]2[C@@H]1CC(C)(C)C[C@H]1C[C@]12C. The predicted molar refractivity (Wildman–Crippen MR) is 66.0 cm³/mol. The van der Waals surface area contributed by atoms with Crippen LogP contribution in [-0.4, -0.2) is 11.2 Å². The molecule has 0 amide bonds. The van der Waals surface area contributed by atoms with E-state index in [9.17, 15) is 5.11 Å². The molecular weight excluding hydrogens is 196 g/mol. The Hall–Kier alpha value is -0.300. The predicted octanol–water partition coefficient (Wildman–Crippen LogP) is 3.39. The molecule has 0 heterocycles. The van der Waals surface area contributed by atoms with E-state index in [-0.39, 0.29) is 6.10 Å². The molecule has 0 bridgehead atoms. The van der Waals surface area contributed by atoms with Gasteiger partial charge in [-0.25, -0.2) is 0 Å². The van der Waals surface area contributed by atoms with E-state index >= 15 is 0 Å². The zero-order valence-corrected chi connectivity index (χ0v) is 10.8. The van der Waals surface area contributed by atoms with Crippen molar-refractivity contribution in [1.82, 2.24) is 0 Å². The molecule has 0 aromatic heterocycles. The van der Waals surface area contributed by atoms with E-state index in [1.165, 1.54) is 19.3 Å². The van der Waals surface area contributed by atoms with Crippen molar-refractivity contribution in [3.05, 3.63) is 12.2 Å². The minimum Gasteiger partial charge on any atom is -0.389 e. The Morgan fingerprint density at radius 3 is 2.56 bits per heavy atom. The molecule has 0 saturated heterocycles. The summed E-state index contributed by atoms with van der Waals surface area (Å²) < 4.78 is 0. The molecule has 1 heteroatoms. The first-order valence-corrected chi connectivity index (χ1v) is 6.70. The largest absolute Gasteiger partial charge is 0.389 e. The average molecular weight is 220 g/mol. The van der Waals surface area contributed by atoms with Crippen molar-refractivity contribution in [2.45, 2.75) is 52.6 Å². The molecule has 5 atom stereocenters. The first-order chi connectivity index (χ1) is 7.33. The summed E-state index contributed by atoms with van der Waals surface area (Å²) in [5.74, 6) is 2.21. The van der Waals surface area contributed by atoms with Crippen LogP contribution in [0.15, 0.2) is 12.2 Å². The van der Waals surface area contributed by atoms with Crippen LogP contribution >= 0.6 is 0 Å². The van der Waals surface area contributed by atoms with Crippen molar-refractivity contribution < 1.29 is 5.11 Å². The highest BCUT2D eigenvalue weighted by Gasteiger charge is 2.62. The Morgan fingerprint density at radius 1 is 1.19 bits per heavy atom. The van der Waals surface area contributed by atoms with Gasteiger partial charge in [-0.3, -0.25) is 0 Å². The van der Waals surface area contributed by atoms with Gasteiger partial charge in [-0.1, -0.05) is 27.4 Å². The highest BCUT2D eigenvalue weighted by Crippen LogP contribution is 2.70. The van der Waals surface area contributed by atoms with Crippen LogP contribution in [0.2, 0.25) is 0 Å². The summed E-state index contributed by atoms with van der Waals surface area (Å²) in [6.07, 6.45) is 4.76. The van der Waals surface area contributed by atoms with Gasteiger partial charge in [-0.15, -0.1) is 0 Å². The fraction of sp³-hybridized carbons (Fsp3) is 0.867. The minimum atomic E-state index is -0.220. The summed E-state index contributed by atoms with van der Waals surface area (Å²) in [6.45, 7) is 11.4. The van der Waals surface area contributed by atoms with Gasteiger partial charge in [0, 0.05) is 0 Å². The van der Waals surface area contributed by atoms with Crippen LogP contribution in [-0.2, 0) is 0 Å². The first kappa shape index (κ1) is 10.8. The fourth-order valence-electron chi connectivity index (χ4n) is 4.64. The van der Waals surface area contributed by atoms with Gasteiger partial charge in [0.25, 0.3) is 0 Å². The average Bonchev–Trinajstić information content (AvgIpc) is 2.72. The third-order valence-electron chi connectivity index (χ3n) is 5.74. The molecule has 1 N–H and O–H groups in total. The van der Waals surface area contributed by atoms with Crippen molar-refractivity contribution in [3.63, 3.8) is 0 Å². The quantitative estimate of drug-likeness (QED) is 0.620. The van der Waals surface area contributed by atoms with Crippen LogP contribution in [0.25, 0.3) is 0 Å². The topological polar surface area (TPSA) is 20.2 Å². The molecule has 3 fully saturated rings. The fourth-order valence-corrected chi connectivity index (χ4v) is 4.64. The molecule has 16 heavy (non-hydrogen) atoms. The summed E-state index contributed by atoms with van der Waals surface area (Å²) in [5.41, 5.74) is 2.10. The third-order valence-corrected chi connectivity index (χ3v) is 5.74. The third kappa shape index (κ3) is 1.33. The maximum atomic E-state index is 10.0. The van der Waals surface area contributed by atoms with Crippen molar-refractivity contribution in [1.29, 1.82) is 0 Å². The van der Waals surface area contributed by atoms with Gasteiger partial charge in [-0.05, 0) is 59.8 Å². The lowest BCUT2D eigenvalue weighted by Crippen LogP contribution is -2.21. The van der Waals surface area contributed by atoms with E-state index in [1.807, 2.05) is 0 Å². The number of hydrogen-bond acceptors (Lipinski definition) is 1. The van der Waals surface area contributed by atoms with Crippen LogP contribution < -0.4 is 0 Å². The molecule has 3 aliphatic rings. The summed E-state index contributed by atoms with van der Waals surface area (Å²) in [5, 5.41) is 10.0. The highest BCUT2D eigenvalue weighted by atomic mass is 16.3. The Balaban J connectivity index is 1.96. The van der Waals surface area contributed by atoms with Crippen molar-refractivity contribution in [2.75, 3.05) is 0 Å². The molecule has 0 unspecified atom stereocenters. The zero-order chi connectivity index (χ0) is 11.7. The van der Waals surface area contributed by atoms with Crippen LogP contribution in [0.3, 0.4) is 0 Å². The van der Waals surface area contributed by atoms with Gasteiger partial charge in [0.05, 0.1) is 6.10 Å². The minimum absolute atomic E-state index is 0.220. The van der Waals surface area contributed by atoms with Crippen LogP contribution in [0.4, 0.5) is 0 Å². The maximum absolute atomic E-state index is 10.0. The lowest BCUT2D eigenvalue weighted by molar-refractivity contribution is 0.185. The number of rotatable bonds is 0. The highest BCUT2D eigenvalue weighted by molar-refractivity contribution is 5.23. The second kappa shape index (κ2) is 2.93. The van der Waals surface area contributed by atoms with Crippen LogP contribution in [0.5, 0.6) is 0 Å². The van der Waals surface area contributed by atoms with Gasteiger partial charge >= 0.3 is 0 Å². The van der Waals surface area contributed by atoms with Crippen molar-refractivity contribution in [2.24, 2.45) is 28.6 Å². The van der Waals surface area contributed by atoms with Gasteiger partial charge in [-0.2, -0.15) is 0 Å². The Bertz CT molecular complexity index is 343. The Morgan fingerprint density at radius 2 is 1.88 bits per heavy atom. The summed E-state index contributed by atoms with van der Waals surface area (Å²) in [7, 11) is 0. The van der Waals surface area contributed by atoms with E-state index < -0.39 is 0 Å². The molecule has 3 saturated carbocycles. The second-order valence-corrected chi connectivity index (χ2v) is 7.52. The van der Waals surface area contributed by atoms with Crippen molar-refractivity contribution >= 4 is 0 Å².